The Morgan fingerprint density at radius 3 is 2.56 bits per heavy atom. The Morgan fingerprint density at radius 2 is 1.83 bits per heavy atom. The van der Waals surface area contributed by atoms with E-state index in [1.807, 2.05) is 66.8 Å². The van der Waals surface area contributed by atoms with Crippen LogP contribution in [0.25, 0.3) is 5.69 Å². The summed E-state index contributed by atoms with van der Waals surface area (Å²) in [6.07, 6.45) is 2.27. The van der Waals surface area contributed by atoms with E-state index < -0.39 is 29.2 Å². The van der Waals surface area contributed by atoms with Crippen molar-refractivity contribution in [2.45, 2.75) is 58.0 Å². The molecule has 248 valence electrons. The molecule has 4 aromatic rings. The smallest absolute Gasteiger partial charge is 0.435 e. The monoisotopic (exact) mass is 653 g/mol. The van der Waals surface area contributed by atoms with Gasteiger partial charge in [0.05, 0.1) is 23.4 Å². The molecule has 0 saturated heterocycles. The van der Waals surface area contributed by atoms with Gasteiger partial charge >= 0.3 is 6.18 Å². The molecule has 4 atom stereocenters. The Hall–Kier alpha value is -4.88. The third kappa shape index (κ3) is 7.16. The van der Waals surface area contributed by atoms with Crippen LogP contribution in [0.1, 0.15) is 72.0 Å². The molecule has 0 spiro atoms. The fourth-order valence-electron chi connectivity index (χ4n) is 6.49. The van der Waals surface area contributed by atoms with E-state index in [1.54, 1.807) is 0 Å². The normalized spacial score (nSPS) is 21.3. The predicted molar refractivity (Wildman–Crippen MR) is 176 cm³/mol. The van der Waals surface area contributed by atoms with E-state index >= 15 is 0 Å². The molecule has 10 heteroatoms. The van der Waals surface area contributed by atoms with Gasteiger partial charge in [-0.15, -0.1) is 0 Å². The standard InChI is InChI=1S/C38H38F3N5O2/c1-25-31(44-36(47)32-21-34(38(39,40)41)45-46(32)29-13-8-12-28(20-29)22-42)15-9-19-37(25,2)35(43-23-26-17-18-26)30-14-6-7-16-33(30)48-24-27-10-4-3-5-11-27/h3-16,20-21,25-26,31,35,43H,17-19,23-24H2,1-2H3,(H,44,47). The van der Waals surface area contributed by atoms with Crippen molar-refractivity contribution in [3.63, 3.8) is 0 Å². The number of hydrogen-bond donors (Lipinski definition) is 2. The second kappa shape index (κ2) is 13.7. The highest BCUT2D eigenvalue weighted by Crippen LogP contribution is 2.50. The molecule has 1 fully saturated rings. The maximum Gasteiger partial charge on any atom is 0.435 e. The average molecular weight is 654 g/mol. The first kappa shape index (κ1) is 33.0. The molecule has 48 heavy (non-hydrogen) atoms. The van der Waals surface area contributed by atoms with Gasteiger partial charge in [-0.1, -0.05) is 80.6 Å². The number of ether oxygens (including phenoxy) is 1. The number of nitriles is 1. The van der Waals surface area contributed by atoms with Crippen LogP contribution in [0.3, 0.4) is 0 Å². The lowest BCUT2D eigenvalue weighted by atomic mass is 9.63. The zero-order valence-corrected chi connectivity index (χ0v) is 26.9. The van der Waals surface area contributed by atoms with E-state index in [-0.39, 0.29) is 28.9 Å². The Bertz CT molecular complexity index is 1830. The summed E-state index contributed by atoms with van der Waals surface area (Å²) in [7, 11) is 0. The van der Waals surface area contributed by atoms with Gasteiger partial charge < -0.3 is 15.4 Å². The Balaban J connectivity index is 1.29. The van der Waals surface area contributed by atoms with Crippen LogP contribution in [-0.4, -0.2) is 28.3 Å². The highest BCUT2D eigenvalue weighted by molar-refractivity contribution is 5.93. The summed E-state index contributed by atoms with van der Waals surface area (Å²) in [6, 6.07) is 26.1. The number of carbonyl (C=O) groups is 1. The van der Waals surface area contributed by atoms with Crippen LogP contribution in [0.5, 0.6) is 5.75 Å². The molecule has 2 aliphatic rings. The number of halogens is 3. The number of nitrogens with zero attached hydrogens (tertiary/aromatic N) is 3. The zero-order valence-electron chi connectivity index (χ0n) is 26.9. The molecule has 4 unspecified atom stereocenters. The molecule has 2 N–H and O–H groups in total. The number of aromatic nitrogens is 2. The number of amides is 1. The second-order valence-corrected chi connectivity index (χ2v) is 13.0. The number of carbonyl (C=O) groups excluding carboxylic acids is 1. The van der Waals surface area contributed by atoms with Gasteiger partial charge in [-0.25, -0.2) is 4.68 Å². The highest BCUT2D eigenvalue weighted by atomic mass is 19.4. The molecular formula is C38H38F3N5O2. The summed E-state index contributed by atoms with van der Waals surface area (Å²) < 4.78 is 48.8. The van der Waals surface area contributed by atoms with Crippen molar-refractivity contribution in [1.29, 1.82) is 5.26 Å². The van der Waals surface area contributed by atoms with Crippen molar-refractivity contribution >= 4 is 5.91 Å². The summed E-state index contributed by atoms with van der Waals surface area (Å²) >= 11 is 0. The molecule has 1 aromatic heterocycles. The van der Waals surface area contributed by atoms with Crippen LogP contribution in [0, 0.1) is 28.6 Å². The van der Waals surface area contributed by atoms with Gasteiger partial charge in [0.2, 0.25) is 0 Å². The van der Waals surface area contributed by atoms with Crippen LogP contribution >= 0.6 is 0 Å². The largest absolute Gasteiger partial charge is 0.489 e. The van der Waals surface area contributed by atoms with Gasteiger partial charge in [0.15, 0.2) is 5.69 Å². The van der Waals surface area contributed by atoms with Crippen molar-refractivity contribution in [1.82, 2.24) is 20.4 Å². The molecule has 1 amide bonds. The van der Waals surface area contributed by atoms with E-state index in [1.165, 1.54) is 37.1 Å². The van der Waals surface area contributed by atoms with Crippen LogP contribution < -0.4 is 15.4 Å². The van der Waals surface area contributed by atoms with Crippen molar-refractivity contribution in [2.24, 2.45) is 17.3 Å². The quantitative estimate of drug-likeness (QED) is 0.161. The number of rotatable bonds is 11. The first-order chi connectivity index (χ1) is 23.1. The van der Waals surface area contributed by atoms with Crippen LogP contribution in [0.15, 0.2) is 97.1 Å². The molecule has 0 bridgehead atoms. The summed E-state index contributed by atoms with van der Waals surface area (Å²) in [5.74, 6) is 0.563. The third-order valence-corrected chi connectivity index (χ3v) is 9.66. The second-order valence-electron chi connectivity index (χ2n) is 13.0. The lowest BCUT2D eigenvalue weighted by molar-refractivity contribution is -0.141. The van der Waals surface area contributed by atoms with Crippen molar-refractivity contribution in [3.05, 3.63) is 125 Å². The Kier molecular flexibility index (Phi) is 9.42. The zero-order chi connectivity index (χ0) is 33.9. The van der Waals surface area contributed by atoms with Gasteiger partial charge in [-0.05, 0) is 72.9 Å². The number of para-hydroxylation sites is 1. The minimum absolute atomic E-state index is 0.134. The first-order valence-electron chi connectivity index (χ1n) is 16.2. The topological polar surface area (TPSA) is 92.0 Å². The molecule has 2 aliphatic carbocycles. The minimum atomic E-state index is -4.76. The van der Waals surface area contributed by atoms with Crippen molar-refractivity contribution < 1.29 is 22.7 Å². The molecule has 0 radical (unpaired) electrons. The molecule has 0 aliphatic heterocycles. The molecule has 3 aromatic carbocycles. The Labute approximate surface area is 278 Å². The van der Waals surface area contributed by atoms with Crippen LogP contribution in [0.4, 0.5) is 13.2 Å². The summed E-state index contributed by atoms with van der Waals surface area (Å²) in [5, 5.41) is 19.9. The summed E-state index contributed by atoms with van der Waals surface area (Å²) in [6.45, 7) is 5.53. The number of alkyl halides is 3. The van der Waals surface area contributed by atoms with Crippen LogP contribution in [-0.2, 0) is 12.8 Å². The van der Waals surface area contributed by atoms with Crippen molar-refractivity contribution in [3.8, 4) is 17.5 Å². The SMILES string of the molecule is CC1C(NC(=O)c2cc(C(F)(F)F)nn2-c2cccc(C#N)c2)C=CCC1(C)C(NCC1CC1)c1ccccc1OCc1ccccc1. The maximum atomic E-state index is 13.8. The molecule has 7 nitrogen and oxygen atoms in total. The average Bonchev–Trinajstić information content (AvgIpc) is 3.80. The molecular weight excluding hydrogens is 615 g/mol. The molecule has 1 saturated carbocycles. The number of hydrogen-bond acceptors (Lipinski definition) is 5. The number of nitrogens with one attached hydrogen (secondary N) is 2. The first-order valence-corrected chi connectivity index (χ1v) is 16.2. The summed E-state index contributed by atoms with van der Waals surface area (Å²) in [4.78, 5) is 13.8. The third-order valence-electron chi connectivity index (χ3n) is 9.66. The van der Waals surface area contributed by atoms with E-state index in [0.29, 0.717) is 18.9 Å². The Morgan fingerprint density at radius 1 is 1.08 bits per heavy atom. The lowest BCUT2D eigenvalue weighted by Gasteiger charge is -2.47. The van der Waals surface area contributed by atoms with Gasteiger partial charge in [-0.2, -0.15) is 23.5 Å². The van der Waals surface area contributed by atoms with Crippen LogP contribution in [0.2, 0.25) is 0 Å². The maximum absolute atomic E-state index is 13.8. The van der Waals surface area contributed by atoms with Gasteiger partial charge in [0.25, 0.3) is 5.91 Å². The number of benzene rings is 3. The van der Waals surface area contributed by atoms with Gasteiger partial charge in [0, 0.05) is 17.7 Å². The van der Waals surface area contributed by atoms with E-state index in [9.17, 15) is 23.2 Å². The predicted octanol–water partition coefficient (Wildman–Crippen LogP) is 7.78. The van der Waals surface area contributed by atoms with E-state index in [0.717, 1.165) is 34.2 Å². The fraction of sp³-hybridized carbons (Fsp3) is 0.342. The lowest BCUT2D eigenvalue weighted by Crippen LogP contribution is -2.51. The minimum Gasteiger partial charge on any atom is -0.489 e. The summed E-state index contributed by atoms with van der Waals surface area (Å²) in [5.41, 5.74) is 0.631. The van der Waals surface area contributed by atoms with Crippen molar-refractivity contribution in [2.75, 3.05) is 6.54 Å². The molecule has 1 heterocycles. The highest BCUT2D eigenvalue weighted by Gasteiger charge is 2.46. The van der Waals surface area contributed by atoms with E-state index in [2.05, 4.69) is 35.6 Å². The van der Waals surface area contributed by atoms with Gasteiger partial charge in [0.1, 0.15) is 18.1 Å². The fourth-order valence-corrected chi connectivity index (χ4v) is 6.49. The van der Waals surface area contributed by atoms with Gasteiger partial charge in [-0.3, -0.25) is 4.79 Å². The van der Waals surface area contributed by atoms with E-state index in [4.69, 9.17) is 4.74 Å². The molecule has 6 rings (SSSR count). The number of allylic oxidation sites excluding steroid dienone is 1.